The highest BCUT2D eigenvalue weighted by molar-refractivity contribution is 6.00. The molecule has 3 heterocycles. The van der Waals surface area contributed by atoms with Gasteiger partial charge in [-0.15, -0.1) is 0 Å². The van der Waals surface area contributed by atoms with Gasteiger partial charge in [-0.25, -0.2) is 4.98 Å². The molecule has 0 saturated carbocycles. The van der Waals surface area contributed by atoms with E-state index in [1.807, 2.05) is 72.1 Å². The van der Waals surface area contributed by atoms with Gasteiger partial charge in [-0.3, -0.25) is 57.7 Å². The molecule has 1 aliphatic rings. The number of likely N-dealkylation sites (N-methyl/N-ethyl adjacent to an activating group) is 7. The van der Waals surface area contributed by atoms with Crippen LogP contribution in [0.4, 0.5) is 0 Å². The van der Waals surface area contributed by atoms with Gasteiger partial charge in [0.25, 0.3) is 0 Å². The quantitative estimate of drug-likeness (QED) is 0.151. The van der Waals surface area contributed by atoms with E-state index in [4.69, 9.17) is 0 Å². The lowest BCUT2D eigenvalue weighted by atomic mass is 9.91. The largest absolute Gasteiger partial charge is 0.390 e. The molecule has 534 valence electrons. The van der Waals surface area contributed by atoms with Crippen LogP contribution in [0.3, 0.4) is 0 Å². The standard InChI is InChI=1S/C69H116N14O12/c1-25-49-65(91)76(18)47(17)64(90)77(19)51(33-39(4)5)61(87)75-55(42(10)11)68(94)78(20)50(32-38(2)3)60(86)72-45(15)59(85)73-46(16)63(89)79(21)52(34-40(6)7)66(92)80(22)53(35-41(8)9)67(93)81(23)56(43(12)13)69(95)82(24)57(62(88)74-49)58(84)44(14)36-54-71-30-31-83(54)37-48-28-26-27-29-70-48/h26-31,38-47,49-53,55-58,84H,25,32-37H2,1-24H3,(H,72,86)(H,73,85)(H,74,88)(H,75,87)/t44-,45-,46+,47-,49-,50-,51+,52-,53-,55-,56-,57-,58-/m1/s1. The van der Waals surface area contributed by atoms with E-state index in [9.17, 15) is 38.7 Å². The third-order valence-corrected chi connectivity index (χ3v) is 18.2. The molecule has 2 aromatic heterocycles. The summed E-state index contributed by atoms with van der Waals surface area (Å²) in [6.07, 6.45) is 4.03. The van der Waals surface area contributed by atoms with Crippen LogP contribution in [0, 0.1) is 41.4 Å². The fourth-order valence-corrected chi connectivity index (χ4v) is 12.2. The average molecular weight is 1330 g/mol. The van der Waals surface area contributed by atoms with Gasteiger partial charge in [0, 0.05) is 74.3 Å². The van der Waals surface area contributed by atoms with Gasteiger partial charge in [-0.05, 0) is 106 Å². The molecular formula is C69H116N14O12. The zero-order valence-electron chi connectivity index (χ0n) is 61.3. The van der Waals surface area contributed by atoms with E-state index in [1.165, 1.54) is 94.6 Å². The van der Waals surface area contributed by atoms with Crippen LogP contribution < -0.4 is 21.3 Å². The van der Waals surface area contributed by atoms with E-state index in [0.717, 1.165) is 15.5 Å². The molecule has 0 bridgehead atoms. The molecule has 11 amide bonds. The minimum Gasteiger partial charge on any atom is -0.390 e. The maximum atomic E-state index is 15.5. The molecule has 13 atom stereocenters. The summed E-state index contributed by atoms with van der Waals surface area (Å²) in [5.74, 6) is -9.73. The molecule has 26 heteroatoms. The summed E-state index contributed by atoms with van der Waals surface area (Å²) in [5.41, 5.74) is 0.742. The maximum absolute atomic E-state index is 15.5. The van der Waals surface area contributed by atoms with E-state index in [1.54, 1.807) is 66.2 Å². The topological polar surface area (TPSA) is 310 Å². The molecule has 0 aromatic carbocycles. The highest BCUT2D eigenvalue weighted by atomic mass is 16.3. The number of hydrogen-bond donors (Lipinski definition) is 5. The molecule has 0 aliphatic carbocycles. The first-order chi connectivity index (χ1) is 44.1. The van der Waals surface area contributed by atoms with E-state index in [0.29, 0.717) is 12.4 Å². The number of nitrogens with one attached hydrogen (secondary N) is 4. The van der Waals surface area contributed by atoms with E-state index < -0.39 is 155 Å². The number of imidazole rings is 1. The number of amides is 11. The van der Waals surface area contributed by atoms with Gasteiger partial charge >= 0.3 is 0 Å². The van der Waals surface area contributed by atoms with Crippen molar-refractivity contribution in [2.24, 2.45) is 41.4 Å². The molecule has 3 rings (SSSR count). The Morgan fingerprint density at radius 3 is 1.40 bits per heavy atom. The number of carbonyl (C=O) groups is 11. The van der Waals surface area contributed by atoms with E-state index in [2.05, 4.69) is 31.2 Å². The van der Waals surface area contributed by atoms with Gasteiger partial charge in [0.1, 0.15) is 72.3 Å². The Kier molecular flexibility index (Phi) is 31.5. The van der Waals surface area contributed by atoms with Crippen molar-refractivity contribution >= 4 is 65.0 Å². The van der Waals surface area contributed by atoms with Crippen LogP contribution in [-0.2, 0) is 65.7 Å². The van der Waals surface area contributed by atoms with Crippen molar-refractivity contribution in [2.75, 3.05) is 49.3 Å². The first-order valence-electron chi connectivity index (χ1n) is 33.8. The van der Waals surface area contributed by atoms with Gasteiger partial charge in [-0.2, -0.15) is 0 Å². The molecule has 95 heavy (non-hydrogen) atoms. The molecule has 1 saturated heterocycles. The second kappa shape index (κ2) is 36.6. The number of aliphatic hydroxyl groups excluding tert-OH is 1. The lowest BCUT2D eigenvalue weighted by Crippen LogP contribution is -2.64. The minimum absolute atomic E-state index is 0.0197. The Morgan fingerprint density at radius 2 is 0.916 bits per heavy atom. The van der Waals surface area contributed by atoms with Crippen molar-refractivity contribution in [3.63, 3.8) is 0 Å². The van der Waals surface area contributed by atoms with Crippen molar-refractivity contribution in [2.45, 2.75) is 235 Å². The summed E-state index contributed by atoms with van der Waals surface area (Å²) in [4.78, 5) is 181. The summed E-state index contributed by atoms with van der Waals surface area (Å²) in [6.45, 7) is 29.9. The summed E-state index contributed by atoms with van der Waals surface area (Å²) in [6, 6.07) is -8.47. The van der Waals surface area contributed by atoms with Crippen LogP contribution in [0.25, 0.3) is 0 Å². The third-order valence-electron chi connectivity index (χ3n) is 18.2. The molecule has 0 radical (unpaired) electrons. The van der Waals surface area contributed by atoms with Crippen LogP contribution in [0.15, 0.2) is 36.8 Å². The van der Waals surface area contributed by atoms with Crippen molar-refractivity contribution in [3.05, 3.63) is 48.3 Å². The second-order valence-corrected chi connectivity index (χ2v) is 28.7. The summed E-state index contributed by atoms with van der Waals surface area (Å²) >= 11 is 0. The Hall–Kier alpha value is -7.51. The normalized spacial score (nSPS) is 26.0. The van der Waals surface area contributed by atoms with Gasteiger partial charge < -0.3 is 65.2 Å². The van der Waals surface area contributed by atoms with Gasteiger partial charge in [0.15, 0.2) is 0 Å². The monoisotopic (exact) mass is 1330 g/mol. The van der Waals surface area contributed by atoms with Gasteiger partial charge in [0.05, 0.1) is 18.3 Å². The minimum atomic E-state index is -1.72. The molecule has 0 unspecified atom stereocenters. The van der Waals surface area contributed by atoms with Crippen LogP contribution in [0.1, 0.15) is 161 Å². The summed E-state index contributed by atoms with van der Waals surface area (Å²) < 4.78 is 1.86. The Bertz CT molecular complexity index is 2940. The number of aromatic nitrogens is 3. The molecule has 2 aromatic rings. The van der Waals surface area contributed by atoms with Crippen LogP contribution in [0.5, 0.6) is 0 Å². The van der Waals surface area contributed by atoms with Crippen molar-refractivity contribution in [3.8, 4) is 0 Å². The summed E-state index contributed by atoms with van der Waals surface area (Å²) in [7, 11) is 9.92. The highest BCUT2D eigenvalue weighted by Gasteiger charge is 2.46. The average Bonchev–Trinajstić information content (AvgIpc) is 1.16. The Morgan fingerprint density at radius 1 is 0.453 bits per heavy atom. The molecule has 26 nitrogen and oxygen atoms in total. The zero-order chi connectivity index (χ0) is 72.5. The second-order valence-electron chi connectivity index (χ2n) is 28.7. The SMILES string of the molecule is CC[C@H]1NC(=O)[C@@H]([C@H](O)[C@H](C)Cc2nccn2Cc2ccccn2)N(C)C(=O)[C@@H](C(C)C)N(C)C(=O)[C@@H](CC(C)C)N(C)C(=O)[C@@H](CC(C)C)N(C)C(=O)[C@H](C)NC(=O)[C@@H](C)NC(=O)[C@@H](CC(C)C)N(C)C(=O)[C@@H](C(C)C)NC(=O)[C@H](CC(C)C)N(C)C(=O)[C@@H](C)N(C)C1=O. The molecule has 0 spiro atoms. The smallest absolute Gasteiger partial charge is 0.246 e. The molecule has 5 N–H and O–H groups in total. The van der Waals surface area contributed by atoms with Gasteiger partial charge in [0.2, 0.25) is 65.0 Å². The van der Waals surface area contributed by atoms with Crippen LogP contribution in [0.2, 0.25) is 0 Å². The number of pyridine rings is 1. The van der Waals surface area contributed by atoms with E-state index in [-0.39, 0.29) is 62.2 Å². The fourth-order valence-electron chi connectivity index (χ4n) is 12.2. The molecule has 1 fully saturated rings. The Balaban J connectivity index is 2.35. The maximum Gasteiger partial charge on any atom is 0.246 e. The third kappa shape index (κ3) is 21.7. The highest BCUT2D eigenvalue weighted by Crippen LogP contribution is 2.26. The number of aliphatic hydroxyl groups is 1. The first kappa shape index (κ1) is 81.7. The van der Waals surface area contributed by atoms with Crippen molar-refractivity contribution in [1.82, 2.24) is 70.1 Å². The molecule has 1 aliphatic heterocycles. The molecular weight excluding hydrogens is 1220 g/mol. The van der Waals surface area contributed by atoms with Gasteiger partial charge in [-0.1, -0.05) is 103 Å². The van der Waals surface area contributed by atoms with E-state index >= 15 is 19.2 Å². The summed E-state index contributed by atoms with van der Waals surface area (Å²) in [5, 5.41) is 23.7. The number of rotatable bonds is 17. The van der Waals surface area contributed by atoms with Crippen molar-refractivity contribution in [1.29, 1.82) is 0 Å². The number of carbonyl (C=O) groups excluding carboxylic acids is 11. The zero-order valence-corrected chi connectivity index (χ0v) is 61.3. The fraction of sp³-hybridized carbons (Fsp3) is 0.725. The Labute approximate surface area is 565 Å². The first-order valence-corrected chi connectivity index (χ1v) is 33.8. The number of nitrogens with zero attached hydrogens (tertiary/aromatic N) is 10. The van der Waals surface area contributed by atoms with Crippen LogP contribution >= 0.6 is 0 Å². The number of hydrogen-bond acceptors (Lipinski definition) is 14. The predicted octanol–water partition coefficient (Wildman–Crippen LogP) is 3.57. The predicted molar refractivity (Wildman–Crippen MR) is 363 cm³/mol. The van der Waals surface area contributed by atoms with Crippen molar-refractivity contribution < 1.29 is 57.8 Å². The van der Waals surface area contributed by atoms with Crippen LogP contribution in [-0.4, -0.2) is 241 Å². The lowest BCUT2D eigenvalue weighted by Gasteiger charge is -2.41. The lowest BCUT2D eigenvalue weighted by molar-refractivity contribution is -0.157.